The van der Waals surface area contributed by atoms with E-state index in [-0.39, 0.29) is 28.7 Å². The summed E-state index contributed by atoms with van der Waals surface area (Å²) >= 11 is 1.87. The number of nitrogens with zero attached hydrogens (tertiary/aromatic N) is 2. The van der Waals surface area contributed by atoms with Gasteiger partial charge >= 0.3 is 0 Å². The summed E-state index contributed by atoms with van der Waals surface area (Å²) in [6.45, 7) is 14.7. The molecule has 5 nitrogen and oxygen atoms in total. The van der Waals surface area contributed by atoms with Crippen LogP contribution in [0.15, 0.2) is 4.99 Å². The van der Waals surface area contributed by atoms with Crippen LogP contribution < -0.4 is 10.6 Å². The van der Waals surface area contributed by atoms with E-state index in [1.807, 2.05) is 18.8 Å². The molecule has 144 valence electrons. The van der Waals surface area contributed by atoms with Crippen LogP contribution in [0.3, 0.4) is 0 Å². The smallest absolute Gasteiger partial charge is 0.191 e. The quantitative estimate of drug-likeness (QED) is 0.323. The summed E-state index contributed by atoms with van der Waals surface area (Å²) in [6.07, 6.45) is 3.34. The van der Waals surface area contributed by atoms with E-state index in [4.69, 9.17) is 4.74 Å². The van der Waals surface area contributed by atoms with Crippen LogP contribution in [0.4, 0.5) is 0 Å². The molecule has 24 heavy (non-hydrogen) atoms. The Balaban J connectivity index is 0.00000529. The molecular weight excluding hydrogens is 435 g/mol. The van der Waals surface area contributed by atoms with Crippen LogP contribution in [0.5, 0.6) is 0 Å². The highest BCUT2D eigenvalue weighted by Gasteiger charge is 2.22. The Labute approximate surface area is 170 Å². The minimum Gasteiger partial charge on any atom is -0.379 e. The summed E-state index contributed by atoms with van der Waals surface area (Å²) in [4.78, 5) is 6.91. The molecule has 1 aliphatic heterocycles. The molecule has 0 aromatic carbocycles. The molecule has 0 saturated carbocycles. The van der Waals surface area contributed by atoms with Crippen molar-refractivity contribution in [2.45, 2.75) is 44.9 Å². The molecule has 0 aromatic rings. The van der Waals surface area contributed by atoms with E-state index in [2.05, 4.69) is 54.5 Å². The van der Waals surface area contributed by atoms with Crippen molar-refractivity contribution < 1.29 is 4.74 Å². The Morgan fingerprint density at radius 2 is 1.88 bits per heavy atom. The number of hydrogen-bond acceptors (Lipinski definition) is 4. The van der Waals surface area contributed by atoms with Crippen LogP contribution in [-0.4, -0.2) is 74.3 Å². The standard InChI is InChI=1S/C17H36N4OS.HI/c1-14(2)11-15(21-7-9-22-10-8-21)12-19-16(18-5)20-13-17(3,4)23-6;/h14-15H,7-13H2,1-6H3,(H2,18,19,20);1H. The van der Waals surface area contributed by atoms with E-state index in [9.17, 15) is 0 Å². The third-order valence-corrected chi connectivity index (χ3v) is 5.52. The molecule has 1 aliphatic rings. The average Bonchev–Trinajstić information content (AvgIpc) is 2.54. The lowest BCUT2D eigenvalue weighted by molar-refractivity contribution is 0.0132. The van der Waals surface area contributed by atoms with Gasteiger partial charge < -0.3 is 15.4 Å². The summed E-state index contributed by atoms with van der Waals surface area (Å²) in [6, 6.07) is 0.533. The Bertz CT molecular complexity index is 360. The summed E-state index contributed by atoms with van der Waals surface area (Å²) in [7, 11) is 1.84. The van der Waals surface area contributed by atoms with Gasteiger partial charge in [0.1, 0.15) is 0 Å². The summed E-state index contributed by atoms with van der Waals surface area (Å²) in [5, 5.41) is 6.96. The van der Waals surface area contributed by atoms with E-state index < -0.39 is 0 Å². The van der Waals surface area contributed by atoms with Crippen molar-refractivity contribution in [1.82, 2.24) is 15.5 Å². The predicted octanol–water partition coefficient (Wildman–Crippen LogP) is 2.66. The first-order valence-corrected chi connectivity index (χ1v) is 9.92. The number of hydrogen-bond donors (Lipinski definition) is 2. The Kier molecular flexibility index (Phi) is 12.7. The zero-order valence-corrected chi connectivity index (χ0v) is 19.4. The average molecular weight is 472 g/mol. The maximum atomic E-state index is 5.49. The molecule has 0 spiro atoms. The van der Waals surface area contributed by atoms with Crippen molar-refractivity contribution >= 4 is 41.7 Å². The first kappa shape index (κ1) is 24.3. The topological polar surface area (TPSA) is 48.9 Å². The first-order valence-electron chi connectivity index (χ1n) is 8.69. The van der Waals surface area contributed by atoms with Gasteiger partial charge in [0.15, 0.2) is 5.96 Å². The highest BCUT2D eigenvalue weighted by molar-refractivity contribution is 14.0. The first-order chi connectivity index (χ1) is 10.9. The van der Waals surface area contributed by atoms with Gasteiger partial charge in [-0.3, -0.25) is 9.89 Å². The van der Waals surface area contributed by atoms with Crippen molar-refractivity contribution in [2.75, 3.05) is 52.7 Å². The monoisotopic (exact) mass is 472 g/mol. The molecule has 1 unspecified atom stereocenters. The van der Waals surface area contributed by atoms with Crippen LogP contribution in [-0.2, 0) is 4.74 Å². The number of morpholine rings is 1. The fourth-order valence-corrected chi connectivity index (χ4v) is 2.87. The third-order valence-electron chi connectivity index (χ3n) is 4.27. The van der Waals surface area contributed by atoms with Crippen LogP contribution in [0, 0.1) is 5.92 Å². The van der Waals surface area contributed by atoms with Crippen molar-refractivity contribution in [2.24, 2.45) is 10.9 Å². The van der Waals surface area contributed by atoms with Crippen molar-refractivity contribution in [3.63, 3.8) is 0 Å². The van der Waals surface area contributed by atoms with Crippen LogP contribution in [0.25, 0.3) is 0 Å². The molecule has 7 heteroatoms. The Morgan fingerprint density at radius 3 is 2.38 bits per heavy atom. The number of guanidine groups is 1. The molecule has 0 bridgehead atoms. The zero-order chi connectivity index (χ0) is 17.3. The lowest BCUT2D eigenvalue weighted by atomic mass is 10.0. The molecule has 0 aliphatic carbocycles. The fourth-order valence-electron chi connectivity index (χ4n) is 2.65. The van der Waals surface area contributed by atoms with E-state index in [1.54, 1.807) is 0 Å². The largest absolute Gasteiger partial charge is 0.379 e. The molecule has 0 amide bonds. The van der Waals surface area contributed by atoms with Gasteiger partial charge in [-0.1, -0.05) is 13.8 Å². The molecule has 1 atom stereocenters. The maximum absolute atomic E-state index is 5.49. The van der Waals surface area contributed by atoms with Gasteiger partial charge in [-0.05, 0) is 32.4 Å². The minimum atomic E-state index is 0. The summed E-state index contributed by atoms with van der Waals surface area (Å²) < 4.78 is 5.70. The lowest BCUT2D eigenvalue weighted by Crippen LogP contribution is -2.51. The molecule has 1 rings (SSSR count). The number of aliphatic imine (C=N–C) groups is 1. The number of ether oxygens (including phenoxy) is 1. The summed E-state index contributed by atoms with van der Waals surface area (Å²) in [5.74, 6) is 1.59. The van der Waals surface area contributed by atoms with Gasteiger partial charge in [0.2, 0.25) is 0 Å². The van der Waals surface area contributed by atoms with Crippen LogP contribution >= 0.6 is 35.7 Å². The van der Waals surface area contributed by atoms with Crippen molar-refractivity contribution in [3.8, 4) is 0 Å². The Morgan fingerprint density at radius 1 is 1.25 bits per heavy atom. The molecule has 1 heterocycles. The van der Waals surface area contributed by atoms with Gasteiger partial charge in [-0.15, -0.1) is 24.0 Å². The number of rotatable bonds is 8. The fraction of sp³-hybridized carbons (Fsp3) is 0.941. The van der Waals surface area contributed by atoms with Gasteiger partial charge in [-0.2, -0.15) is 11.8 Å². The number of thioether (sulfide) groups is 1. The second kappa shape index (κ2) is 12.6. The Hall–Kier alpha value is 0.270. The van der Waals surface area contributed by atoms with Gasteiger partial charge in [-0.25, -0.2) is 0 Å². The van der Waals surface area contributed by atoms with Gasteiger partial charge in [0.25, 0.3) is 0 Å². The van der Waals surface area contributed by atoms with E-state index in [1.165, 1.54) is 6.42 Å². The third kappa shape index (κ3) is 9.68. The minimum absolute atomic E-state index is 0. The van der Waals surface area contributed by atoms with Crippen molar-refractivity contribution in [1.29, 1.82) is 0 Å². The molecule has 1 fully saturated rings. The normalized spacial score (nSPS) is 18.2. The molecular formula is C17H37IN4OS. The van der Waals surface area contributed by atoms with Gasteiger partial charge in [0, 0.05) is 44.0 Å². The van der Waals surface area contributed by atoms with Crippen molar-refractivity contribution in [3.05, 3.63) is 0 Å². The van der Waals surface area contributed by atoms with Gasteiger partial charge in [0.05, 0.1) is 13.2 Å². The second-order valence-corrected chi connectivity index (χ2v) is 8.72. The number of nitrogens with one attached hydrogen (secondary N) is 2. The second-order valence-electron chi connectivity index (χ2n) is 7.20. The molecule has 0 aromatic heterocycles. The van der Waals surface area contributed by atoms with E-state index >= 15 is 0 Å². The van der Waals surface area contributed by atoms with E-state index in [0.29, 0.717) is 12.0 Å². The maximum Gasteiger partial charge on any atom is 0.191 e. The lowest BCUT2D eigenvalue weighted by Gasteiger charge is -2.36. The molecule has 2 N–H and O–H groups in total. The summed E-state index contributed by atoms with van der Waals surface area (Å²) in [5.41, 5.74) is 0. The molecule has 0 radical (unpaired) electrons. The predicted molar refractivity (Wildman–Crippen MR) is 118 cm³/mol. The zero-order valence-electron chi connectivity index (χ0n) is 16.2. The molecule has 1 saturated heterocycles. The highest BCUT2D eigenvalue weighted by atomic mass is 127. The van der Waals surface area contributed by atoms with Crippen LogP contribution in [0.2, 0.25) is 0 Å². The highest BCUT2D eigenvalue weighted by Crippen LogP contribution is 2.19. The van der Waals surface area contributed by atoms with E-state index in [0.717, 1.165) is 45.4 Å². The van der Waals surface area contributed by atoms with Crippen LogP contribution in [0.1, 0.15) is 34.1 Å². The number of halogens is 1. The SMILES string of the molecule is CN=C(NCC(CC(C)C)N1CCOCC1)NCC(C)(C)SC.I.